The maximum absolute atomic E-state index is 12.1. The van der Waals surface area contributed by atoms with Gasteiger partial charge in [0.15, 0.2) is 6.61 Å². The first-order valence-corrected chi connectivity index (χ1v) is 8.96. The fourth-order valence-electron chi connectivity index (χ4n) is 3.23. The summed E-state index contributed by atoms with van der Waals surface area (Å²) in [4.78, 5) is 19.0. The third-order valence-corrected chi connectivity index (χ3v) is 4.60. The van der Waals surface area contributed by atoms with Crippen molar-refractivity contribution in [2.75, 3.05) is 32.8 Å². The lowest BCUT2D eigenvalue weighted by atomic mass is 10.1. The number of likely N-dealkylation sites (N-methyl/N-ethyl adjacent to an activating group) is 1. The Balaban J connectivity index is 1.58. The summed E-state index contributed by atoms with van der Waals surface area (Å²) >= 11 is 0. The van der Waals surface area contributed by atoms with Crippen LogP contribution in [0.1, 0.15) is 18.8 Å². The van der Waals surface area contributed by atoms with Crippen molar-refractivity contribution in [1.82, 2.24) is 19.8 Å². The first kappa shape index (κ1) is 18.4. The number of rotatable bonds is 7. The van der Waals surface area contributed by atoms with Crippen LogP contribution in [0.5, 0.6) is 5.75 Å². The van der Waals surface area contributed by atoms with Crippen LogP contribution in [-0.2, 0) is 16.6 Å². The zero-order chi connectivity index (χ0) is 18.4. The molecule has 3 rings (SSSR count). The molecule has 7 heteroatoms. The van der Waals surface area contributed by atoms with Gasteiger partial charge in [-0.15, -0.1) is 0 Å². The summed E-state index contributed by atoms with van der Waals surface area (Å²) < 4.78 is 13.5. The molecule has 2 atom stereocenters. The van der Waals surface area contributed by atoms with Gasteiger partial charge in [-0.25, -0.2) is 4.98 Å². The van der Waals surface area contributed by atoms with E-state index in [2.05, 4.69) is 22.1 Å². The monoisotopic (exact) mass is 358 g/mol. The lowest BCUT2D eigenvalue weighted by molar-refractivity contribution is -0.125. The van der Waals surface area contributed by atoms with Crippen LogP contribution in [0.3, 0.4) is 0 Å². The Kier molecular flexibility index (Phi) is 6.25. The maximum Gasteiger partial charge on any atom is 0.258 e. The third-order valence-electron chi connectivity index (χ3n) is 4.60. The highest BCUT2D eigenvalue weighted by Crippen LogP contribution is 2.27. The Hall–Kier alpha value is -2.38. The second-order valence-electron chi connectivity index (χ2n) is 6.28. The average molecular weight is 358 g/mol. The van der Waals surface area contributed by atoms with Gasteiger partial charge in [-0.2, -0.15) is 0 Å². The molecule has 0 spiro atoms. The number of carbonyl (C=O) groups excluding carboxylic acids is 1. The molecule has 1 aromatic carbocycles. The van der Waals surface area contributed by atoms with Crippen LogP contribution in [0, 0.1) is 0 Å². The van der Waals surface area contributed by atoms with Crippen LogP contribution in [0.15, 0.2) is 42.7 Å². The molecule has 0 radical (unpaired) electrons. The van der Waals surface area contributed by atoms with Gasteiger partial charge in [0.2, 0.25) is 0 Å². The second kappa shape index (κ2) is 8.82. The van der Waals surface area contributed by atoms with Gasteiger partial charge in [0.25, 0.3) is 5.91 Å². The molecular formula is C19H26N4O3. The van der Waals surface area contributed by atoms with Crippen molar-refractivity contribution in [2.45, 2.75) is 19.1 Å². The lowest BCUT2D eigenvalue weighted by Crippen LogP contribution is -2.50. The molecule has 0 bridgehead atoms. The molecule has 1 saturated heterocycles. The van der Waals surface area contributed by atoms with Gasteiger partial charge in [-0.1, -0.05) is 25.1 Å². The normalized spacial score (nSPS) is 20.7. The van der Waals surface area contributed by atoms with Crippen LogP contribution in [0.4, 0.5) is 0 Å². The van der Waals surface area contributed by atoms with Crippen molar-refractivity contribution < 1.29 is 14.3 Å². The van der Waals surface area contributed by atoms with Crippen molar-refractivity contribution in [3.8, 4) is 5.75 Å². The van der Waals surface area contributed by atoms with E-state index in [1.54, 1.807) is 6.20 Å². The van der Waals surface area contributed by atoms with E-state index >= 15 is 0 Å². The van der Waals surface area contributed by atoms with Crippen molar-refractivity contribution in [3.63, 3.8) is 0 Å². The summed E-state index contributed by atoms with van der Waals surface area (Å²) in [7, 11) is 1.98. The minimum absolute atomic E-state index is 0.0126. The van der Waals surface area contributed by atoms with E-state index < -0.39 is 0 Å². The number of para-hydroxylation sites is 1. The summed E-state index contributed by atoms with van der Waals surface area (Å²) in [5, 5.41) is 2.93. The van der Waals surface area contributed by atoms with Crippen molar-refractivity contribution in [1.29, 1.82) is 0 Å². The first-order chi connectivity index (χ1) is 12.7. The van der Waals surface area contributed by atoms with Crippen molar-refractivity contribution in [2.24, 2.45) is 7.05 Å². The fourth-order valence-corrected chi connectivity index (χ4v) is 3.23. The standard InChI is InChI=1S/C19H26N4O3/c1-3-23-11-12-25-16(18(23)19-20-9-10-22(19)2)13-21-17(24)14-26-15-7-5-4-6-8-15/h4-10,16,18H,3,11-14H2,1-2H3,(H,21,24)/t16-,18+/m0/s1. The summed E-state index contributed by atoms with van der Waals surface area (Å²) in [6, 6.07) is 9.33. The first-order valence-electron chi connectivity index (χ1n) is 8.96. The Labute approximate surface area is 153 Å². The van der Waals surface area contributed by atoms with Crippen LogP contribution in [-0.4, -0.2) is 59.3 Å². The molecule has 2 heterocycles. The predicted molar refractivity (Wildman–Crippen MR) is 97.9 cm³/mol. The van der Waals surface area contributed by atoms with Gasteiger partial charge >= 0.3 is 0 Å². The molecule has 2 aromatic rings. The minimum atomic E-state index is -0.162. The molecule has 1 fully saturated rings. The number of benzene rings is 1. The van der Waals surface area contributed by atoms with Crippen LogP contribution < -0.4 is 10.1 Å². The maximum atomic E-state index is 12.1. The van der Waals surface area contributed by atoms with Crippen LogP contribution >= 0.6 is 0 Å². The Morgan fingerprint density at radius 2 is 2.19 bits per heavy atom. The number of nitrogens with zero attached hydrogens (tertiary/aromatic N) is 3. The number of hydrogen-bond acceptors (Lipinski definition) is 5. The van der Waals surface area contributed by atoms with E-state index in [0.717, 1.165) is 18.9 Å². The molecule has 1 amide bonds. The number of hydrogen-bond donors (Lipinski definition) is 1. The van der Waals surface area contributed by atoms with Gasteiger partial charge < -0.3 is 19.4 Å². The molecular weight excluding hydrogens is 332 g/mol. The molecule has 140 valence electrons. The molecule has 1 N–H and O–H groups in total. The Morgan fingerprint density at radius 3 is 2.88 bits per heavy atom. The number of nitrogens with one attached hydrogen (secondary N) is 1. The number of imidazole rings is 1. The average Bonchev–Trinajstić information content (AvgIpc) is 3.10. The predicted octanol–water partition coefficient (Wildman–Crippen LogP) is 1.38. The highest BCUT2D eigenvalue weighted by molar-refractivity contribution is 5.77. The van der Waals surface area contributed by atoms with Gasteiger partial charge in [0.05, 0.1) is 18.8 Å². The molecule has 0 aliphatic carbocycles. The third kappa shape index (κ3) is 4.42. The largest absolute Gasteiger partial charge is 0.484 e. The molecule has 1 aromatic heterocycles. The van der Waals surface area contributed by atoms with E-state index in [0.29, 0.717) is 18.9 Å². The molecule has 1 aliphatic heterocycles. The highest BCUT2D eigenvalue weighted by atomic mass is 16.5. The summed E-state index contributed by atoms with van der Waals surface area (Å²) in [5.41, 5.74) is 0. The summed E-state index contributed by atoms with van der Waals surface area (Å²) in [6.07, 6.45) is 3.58. The van der Waals surface area contributed by atoms with E-state index in [-0.39, 0.29) is 24.7 Å². The van der Waals surface area contributed by atoms with E-state index in [4.69, 9.17) is 9.47 Å². The fraction of sp³-hybridized carbons (Fsp3) is 0.474. The van der Waals surface area contributed by atoms with Gasteiger partial charge in [0.1, 0.15) is 11.6 Å². The van der Waals surface area contributed by atoms with E-state index in [1.807, 2.05) is 48.1 Å². The Bertz CT molecular complexity index is 704. The van der Waals surface area contributed by atoms with Crippen LogP contribution in [0.2, 0.25) is 0 Å². The van der Waals surface area contributed by atoms with Crippen LogP contribution in [0.25, 0.3) is 0 Å². The van der Waals surface area contributed by atoms with Gasteiger partial charge in [-0.3, -0.25) is 9.69 Å². The molecule has 0 saturated carbocycles. The zero-order valence-corrected chi connectivity index (χ0v) is 15.3. The second-order valence-corrected chi connectivity index (χ2v) is 6.28. The zero-order valence-electron chi connectivity index (χ0n) is 15.3. The van der Waals surface area contributed by atoms with Gasteiger partial charge in [0, 0.05) is 32.5 Å². The topological polar surface area (TPSA) is 68.6 Å². The smallest absolute Gasteiger partial charge is 0.258 e. The number of aromatic nitrogens is 2. The highest BCUT2D eigenvalue weighted by Gasteiger charge is 2.35. The summed E-state index contributed by atoms with van der Waals surface area (Å²) in [6.45, 7) is 4.95. The number of amides is 1. The summed E-state index contributed by atoms with van der Waals surface area (Å²) in [5.74, 6) is 1.47. The number of ether oxygens (including phenoxy) is 2. The SMILES string of the molecule is CCN1CCO[C@@H](CNC(=O)COc2ccccc2)[C@@H]1c1nccn1C. The molecule has 0 unspecified atom stereocenters. The number of aryl methyl sites for hydroxylation is 1. The quantitative estimate of drug-likeness (QED) is 0.810. The minimum Gasteiger partial charge on any atom is -0.484 e. The Morgan fingerprint density at radius 1 is 1.38 bits per heavy atom. The number of morpholine rings is 1. The van der Waals surface area contributed by atoms with E-state index in [1.165, 1.54) is 0 Å². The lowest BCUT2D eigenvalue weighted by Gasteiger charge is -2.40. The van der Waals surface area contributed by atoms with Crippen molar-refractivity contribution in [3.05, 3.63) is 48.5 Å². The molecule has 1 aliphatic rings. The number of carbonyl (C=O) groups is 1. The van der Waals surface area contributed by atoms with E-state index in [9.17, 15) is 4.79 Å². The molecule has 26 heavy (non-hydrogen) atoms. The molecule has 7 nitrogen and oxygen atoms in total. The van der Waals surface area contributed by atoms with Gasteiger partial charge in [-0.05, 0) is 18.7 Å². The van der Waals surface area contributed by atoms with Crippen molar-refractivity contribution >= 4 is 5.91 Å².